The second kappa shape index (κ2) is 7.40. The minimum Gasteiger partial charge on any atom is -0.497 e. The van der Waals surface area contributed by atoms with Gasteiger partial charge in [0.2, 0.25) is 5.91 Å². The van der Waals surface area contributed by atoms with E-state index in [2.05, 4.69) is 25.4 Å². The highest BCUT2D eigenvalue weighted by molar-refractivity contribution is 5.81. The maximum atomic E-state index is 12.3. The van der Waals surface area contributed by atoms with Gasteiger partial charge in [-0.3, -0.25) is 4.79 Å². The van der Waals surface area contributed by atoms with Crippen LogP contribution in [-0.2, 0) is 11.3 Å². The van der Waals surface area contributed by atoms with Gasteiger partial charge in [0.05, 0.1) is 13.0 Å². The molecule has 0 aliphatic carbocycles. The summed E-state index contributed by atoms with van der Waals surface area (Å²) in [5.41, 5.74) is 1.04. The summed E-state index contributed by atoms with van der Waals surface area (Å²) in [5.74, 6) is 2.22. The molecule has 0 spiro atoms. The SMILES string of the molecule is COc1ccc(CNC(=O)C2CN(c3cc(-n4cncn4)ncn3)C2)cc1. The smallest absolute Gasteiger partial charge is 0.226 e. The third kappa shape index (κ3) is 3.71. The van der Waals surface area contributed by atoms with E-state index >= 15 is 0 Å². The maximum Gasteiger partial charge on any atom is 0.226 e. The van der Waals surface area contributed by atoms with E-state index in [9.17, 15) is 4.79 Å². The van der Waals surface area contributed by atoms with Crippen molar-refractivity contribution in [2.45, 2.75) is 6.54 Å². The quantitative estimate of drug-likeness (QED) is 0.690. The molecule has 1 aromatic carbocycles. The summed E-state index contributed by atoms with van der Waals surface area (Å²) in [5, 5.41) is 7.05. The monoisotopic (exact) mass is 365 g/mol. The summed E-state index contributed by atoms with van der Waals surface area (Å²) < 4.78 is 6.71. The maximum absolute atomic E-state index is 12.3. The van der Waals surface area contributed by atoms with Crippen LogP contribution in [-0.4, -0.2) is 50.8 Å². The van der Waals surface area contributed by atoms with Crippen LogP contribution in [0.1, 0.15) is 5.56 Å². The van der Waals surface area contributed by atoms with Crippen molar-refractivity contribution in [1.82, 2.24) is 30.0 Å². The summed E-state index contributed by atoms with van der Waals surface area (Å²) in [6.45, 7) is 1.76. The number of carbonyl (C=O) groups excluding carboxylic acids is 1. The summed E-state index contributed by atoms with van der Waals surface area (Å²) in [6, 6.07) is 9.49. The zero-order valence-corrected chi connectivity index (χ0v) is 14.8. The number of ether oxygens (including phenoxy) is 1. The van der Waals surface area contributed by atoms with Gasteiger partial charge >= 0.3 is 0 Å². The Hall–Kier alpha value is -3.49. The van der Waals surface area contributed by atoms with Crippen LogP contribution in [0.3, 0.4) is 0 Å². The lowest BCUT2D eigenvalue weighted by Crippen LogP contribution is -2.54. The van der Waals surface area contributed by atoms with Gasteiger partial charge in [0.15, 0.2) is 5.82 Å². The highest BCUT2D eigenvalue weighted by Crippen LogP contribution is 2.23. The lowest BCUT2D eigenvalue weighted by Gasteiger charge is -2.39. The normalized spacial score (nSPS) is 13.9. The third-order valence-corrected chi connectivity index (χ3v) is 4.49. The molecule has 3 aromatic rings. The van der Waals surface area contributed by atoms with E-state index < -0.39 is 0 Å². The van der Waals surface area contributed by atoms with E-state index in [0.29, 0.717) is 25.5 Å². The Morgan fingerprint density at radius 2 is 1.96 bits per heavy atom. The van der Waals surface area contributed by atoms with Crippen LogP contribution >= 0.6 is 0 Å². The molecule has 0 unspecified atom stereocenters. The van der Waals surface area contributed by atoms with E-state index in [4.69, 9.17) is 4.74 Å². The van der Waals surface area contributed by atoms with E-state index in [1.165, 1.54) is 12.7 Å². The Balaban J connectivity index is 1.30. The van der Waals surface area contributed by atoms with Crippen LogP contribution in [0.5, 0.6) is 5.75 Å². The van der Waals surface area contributed by atoms with Gasteiger partial charge in [-0.15, -0.1) is 0 Å². The number of hydrogen-bond acceptors (Lipinski definition) is 7. The summed E-state index contributed by atoms with van der Waals surface area (Å²) in [4.78, 5) is 26.8. The van der Waals surface area contributed by atoms with Crippen LogP contribution < -0.4 is 15.0 Å². The first-order valence-electron chi connectivity index (χ1n) is 8.55. The van der Waals surface area contributed by atoms with Crippen LogP contribution in [0.25, 0.3) is 5.82 Å². The molecule has 9 heteroatoms. The number of benzene rings is 1. The summed E-state index contributed by atoms with van der Waals surface area (Å²) in [6.07, 6.45) is 4.52. The Morgan fingerprint density at radius 1 is 1.19 bits per heavy atom. The van der Waals surface area contributed by atoms with Gasteiger partial charge < -0.3 is 15.0 Å². The molecular weight excluding hydrogens is 346 g/mol. The predicted molar refractivity (Wildman–Crippen MR) is 97.5 cm³/mol. The molecule has 1 saturated heterocycles. The van der Waals surface area contributed by atoms with Gasteiger partial charge in [-0.2, -0.15) is 5.10 Å². The van der Waals surface area contributed by atoms with Gasteiger partial charge in [-0.25, -0.2) is 19.6 Å². The number of nitrogens with zero attached hydrogens (tertiary/aromatic N) is 6. The molecule has 0 saturated carbocycles. The van der Waals surface area contributed by atoms with Crippen LogP contribution in [0.15, 0.2) is 49.3 Å². The van der Waals surface area contributed by atoms with E-state index in [-0.39, 0.29) is 11.8 Å². The first-order chi connectivity index (χ1) is 13.2. The molecule has 1 N–H and O–H groups in total. The largest absolute Gasteiger partial charge is 0.497 e. The minimum absolute atomic E-state index is 0.0481. The molecule has 3 heterocycles. The molecule has 0 bridgehead atoms. The first-order valence-corrected chi connectivity index (χ1v) is 8.55. The van der Waals surface area contributed by atoms with Gasteiger partial charge in [0.25, 0.3) is 0 Å². The molecule has 138 valence electrons. The first kappa shape index (κ1) is 17.0. The van der Waals surface area contributed by atoms with Crippen LogP contribution in [0.4, 0.5) is 5.82 Å². The molecule has 9 nitrogen and oxygen atoms in total. The Kier molecular flexibility index (Phi) is 4.65. The molecule has 27 heavy (non-hydrogen) atoms. The molecule has 0 radical (unpaired) electrons. The fourth-order valence-corrected chi connectivity index (χ4v) is 2.87. The number of rotatable bonds is 6. The molecule has 1 amide bonds. The fourth-order valence-electron chi connectivity index (χ4n) is 2.87. The van der Waals surface area contributed by atoms with Crippen molar-refractivity contribution < 1.29 is 9.53 Å². The minimum atomic E-state index is -0.0481. The fraction of sp³-hybridized carbons (Fsp3) is 0.278. The predicted octanol–water partition coefficient (Wildman–Crippen LogP) is 0.818. The third-order valence-electron chi connectivity index (χ3n) is 4.49. The van der Waals surface area contributed by atoms with Gasteiger partial charge in [-0.1, -0.05) is 12.1 Å². The van der Waals surface area contributed by atoms with Crippen LogP contribution in [0.2, 0.25) is 0 Å². The molecule has 1 aliphatic rings. The summed E-state index contributed by atoms with van der Waals surface area (Å²) in [7, 11) is 1.63. The van der Waals surface area contributed by atoms with E-state index in [1.54, 1.807) is 18.1 Å². The standard InChI is InChI=1S/C18H19N7O2/c1-27-15-4-2-13(3-5-15)7-20-18(26)14-8-24(9-14)16-6-17(22-11-21-16)25-12-19-10-23-25/h2-6,10-12,14H,7-9H2,1H3,(H,20,26). The molecule has 1 aliphatic heterocycles. The van der Waals surface area contributed by atoms with Crippen molar-refractivity contribution in [3.05, 3.63) is 54.9 Å². The number of amides is 1. The summed E-state index contributed by atoms with van der Waals surface area (Å²) >= 11 is 0. The van der Waals surface area contributed by atoms with E-state index in [1.807, 2.05) is 35.2 Å². The highest BCUT2D eigenvalue weighted by atomic mass is 16.5. The second-order valence-corrected chi connectivity index (χ2v) is 6.24. The number of hydrogen-bond donors (Lipinski definition) is 1. The number of anilines is 1. The zero-order valence-electron chi connectivity index (χ0n) is 14.8. The average molecular weight is 365 g/mol. The Labute approximate surface area is 156 Å². The number of carbonyl (C=O) groups is 1. The van der Waals surface area contributed by atoms with Crippen molar-refractivity contribution in [2.75, 3.05) is 25.1 Å². The number of aromatic nitrogens is 5. The topological polar surface area (TPSA) is 98.1 Å². The molecule has 4 rings (SSSR count). The number of nitrogens with one attached hydrogen (secondary N) is 1. The van der Waals surface area contributed by atoms with Crippen molar-refractivity contribution in [3.8, 4) is 11.6 Å². The number of methoxy groups -OCH3 is 1. The van der Waals surface area contributed by atoms with Crippen molar-refractivity contribution in [3.63, 3.8) is 0 Å². The van der Waals surface area contributed by atoms with Crippen LogP contribution in [0, 0.1) is 5.92 Å². The van der Waals surface area contributed by atoms with Gasteiger partial charge in [-0.05, 0) is 17.7 Å². The van der Waals surface area contributed by atoms with Gasteiger partial charge in [0, 0.05) is 25.7 Å². The molecule has 0 atom stereocenters. The molecular formula is C18H19N7O2. The van der Waals surface area contributed by atoms with E-state index in [0.717, 1.165) is 17.1 Å². The second-order valence-electron chi connectivity index (χ2n) is 6.24. The van der Waals surface area contributed by atoms with Crippen molar-refractivity contribution in [1.29, 1.82) is 0 Å². The Morgan fingerprint density at radius 3 is 2.67 bits per heavy atom. The molecule has 2 aromatic heterocycles. The van der Waals surface area contributed by atoms with Crippen molar-refractivity contribution >= 4 is 11.7 Å². The highest BCUT2D eigenvalue weighted by Gasteiger charge is 2.33. The zero-order chi connectivity index (χ0) is 18.6. The average Bonchev–Trinajstić information content (AvgIpc) is 3.21. The van der Waals surface area contributed by atoms with Gasteiger partial charge in [0.1, 0.15) is 30.5 Å². The molecule has 1 fully saturated rings. The lowest BCUT2D eigenvalue weighted by atomic mass is 9.99. The van der Waals surface area contributed by atoms with Crippen molar-refractivity contribution in [2.24, 2.45) is 5.92 Å². The lowest BCUT2D eigenvalue weighted by molar-refractivity contribution is -0.125. The Bertz CT molecular complexity index is 906.